The number of carbonyl (C=O) groups is 1. The van der Waals surface area contributed by atoms with Gasteiger partial charge < -0.3 is 19.1 Å². The first kappa shape index (κ1) is 41.2. The zero-order valence-corrected chi connectivity index (χ0v) is 30.1. The van der Waals surface area contributed by atoms with E-state index in [9.17, 15) is 4.79 Å². The molecule has 0 aliphatic heterocycles. The molecule has 1 aromatic heterocycles. The molecular formula is C38H54N2O4S. The van der Waals surface area contributed by atoms with Crippen LogP contribution >= 0.6 is 12.2 Å². The predicted molar refractivity (Wildman–Crippen MR) is 196 cm³/mol. The van der Waals surface area contributed by atoms with Crippen LogP contribution in [0, 0.1) is 13.8 Å². The smallest absolute Gasteiger partial charge is 0.167 e. The van der Waals surface area contributed by atoms with Crippen LogP contribution in [0.1, 0.15) is 64.7 Å². The highest BCUT2D eigenvalue weighted by atomic mass is 32.1. The van der Waals surface area contributed by atoms with Crippen molar-refractivity contribution in [1.29, 1.82) is 0 Å². The van der Waals surface area contributed by atoms with E-state index in [1.165, 1.54) is 18.9 Å². The first-order valence-electron chi connectivity index (χ1n) is 15.4. The van der Waals surface area contributed by atoms with Crippen LogP contribution in [0.2, 0.25) is 0 Å². The molecule has 0 radical (unpaired) electrons. The average Bonchev–Trinajstić information content (AvgIpc) is 3.02. The Morgan fingerprint density at radius 2 is 1.49 bits per heavy atom. The van der Waals surface area contributed by atoms with Gasteiger partial charge in [-0.1, -0.05) is 82.2 Å². The van der Waals surface area contributed by atoms with E-state index in [2.05, 4.69) is 76.9 Å². The molecule has 7 heteroatoms. The first-order chi connectivity index (χ1) is 21.5. The molecule has 4 aromatic rings. The number of Topliss-reactive ketones (excluding diaryl/α,β-unsaturated/α-hetero) is 1. The number of nitrogens with zero attached hydrogens (tertiary/aromatic N) is 2. The SMILES string of the molecule is CC(=O)COc1ccccc1C.CC=S.CCC.CCN(C)C.CCc1cc2nccc(Oc3ccc(C)cc3)c2cc1OC. The summed E-state index contributed by atoms with van der Waals surface area (Å²) in [4.78, 5) is 17.2. The number of fused-ring (bicyclic) bond motifs is 1. The van der Waals surface area contributed by atoms with E-state index in [-0.39, 0.29) is 12.4 Å². The Hall–Kier alpha value is -3.81. The summed E-state index contributed by atoms with van der Waals surface area (Å²) in [5.74, 6) is 3.30. The van der Waals surface area contributed by atoms with E-state index in [1.54, 1.807) is 18.7 Å². The van der Waals surface area contributed by atoms with Gasteiger partial charge in [-0.05, 0) is 108 Å². The maximum Gasteiger partial charge on any atom is 0.167 e. The minimum Gasteiger partial charge on any atom is -0.496 e. The van der Waals surface area contributed by atoms with E-state index in [0.29, 0.717) is 0 Å². The van der Waals surface area contributed by atoms with Crippen molar-refractivity contribution in [3.8, 4) is 23.0 Å². The van der Waals surface area contributed by atoms with Crippen molar-refractivity contribution in [2.24, 2.45) is 0 Å². The molecule has 0 bridgehead atoms. The fourth-order valence-electron chi connectivity index (χ4n) is 3.38. The molecule has 0 spiro atoms. The van der Waals surface area contributed by atoms with Gasteiger partial charge in [0.1, 0.15) is 29.6 Å². The van der Waals surface area contributed by atoms with Crippen molar-refractivity contribution in [2.75, 3.05) is 34.4 Å². The lowest BCUT2D eigenvalue weighted by molar-refractivity contribution is -0.118. The van der Waals surface area contributed by atoms with Crippen LogP contribution < -0.4 is 14.2 Å². The second-order valence-corrected chi connectivity index (χ2v) is 10.8. The third kappa shape index (κ3) is 17.3. The zero-order valence-electron chi connectivity index (χ0n) is 29.3. The highest BCUT2D eigenvalue weighted by Crippen LogP contribution is 2.33. The normalized spacial score (nSPS) is 9.51. The molecule has 0 aliphatic rings. The summed E-state index contributed by atoms with van der Waals surface area (Å²) in [7, 11) is 5.80. The van der Waals surface area contributed by atoms with Crippen molar-refractivity contribution in [3.05, 3.63) is 89.6 Å². The predicted octanol–water partition coefficient (Wildman–Crippen LogP) is 9.86. The molecule has 3 aromatic carbocycles. The Kier molecular flexibility index (Phi) is 22.4. The molecule has 0 amide bonds. The van der Waals surface area contributed by atoms with E-state index < -0.39 is 0 Å². The fraction of sp³-hybridized carbons (Fsp3) is 0.395. The lowest BCUT2D eigenvalue weighted by atomic mass is 10.1. The molecule has 0 unspecified atom stereocenters. The largest absolute Gasteiger partial charge is 0.496 e. The Labute approximate surface area is 277 Å². The Morgan fingerprint density at radius 1 is 0.911 bits per heavy atom. The van der Waals surface area contributed by atoms with Gasteiger partial charge in [0.15, 0.2) is 5.78 Å². The van der Waals surface area contributed by atoms with Gasteiger partial charge in [0.05, 0.1) is 12.6 Å². The summed E-state index contributed by atoms with van der Waals surface area (Å²) in [6.07, 6.45) is 3.93. The number of para-hydroxylation sites is 1. The molecule has 0 saturated heterocycles. The molecule has 0 fully saturated rings. The third-order valence-electron chi connectivity index (χ3n) is 5.89. The summed E-state index contributed by atoms with van der Waals surface area (Å²) in [6, 6.07) is 21.6. The van der Waals surface area contributed by atoms with Gasteiger partial charge in [-0.15, -0.1) is 0 Å². The first-order valence-corrected chi connectivity index (χ1v) is 15.9. The van der Waals surface area contributed by atoms with Gasteiger partial charge in [0, 0.05) is 11.6 Å². The van der Waals surface area contributed by atoms with Crippen molar-refractivity contribution >= 4 is 34.3 Å². The molecule has 4 rings (SSSR count). The summed E-state index contributed by atoms with van der Waals surface area (Å²) in [6.45, 7) is 17.1. The van der Waals surface area contributed by atoms with E-state index in [0.717, 1.165) is 58.0 Å². The summed E-state index contributed by atoms with van der Waals surface area (Å²) < 4.78 is 16.8. The van der Waals surface area contributed by atoms with Crippen molar-refractivity contribution < 1.29 is 19.0 Å². The second-order valence-electron chi connectivity index (χ2n) is 10.4. The molecule has 1 heterocycles. The molecular weight excluding hydrogens is 580 g/mol. The van der Waals surface area contributed by atoms with Crippen LogP contribution in [0.15, 0.2) is 72.9 Å². The Bertz CT molecular complexity index is 1390. The number of pyridine rings is 1. The molecule has 0 aliphatic carbocycles. The number of aromatic nitrogens is 1. The van der Waals surface area contributed by atoms with Crippen LogP contribution in [0.4, 0.5) is 0 Å². The maximum absolute atomic E-state index is 10.6. The van der Waals surface area contributed by atoms with E-state index in [1.807, 2.05) is 74.5 Å². The minimum absolute atomic E-state index is 0.0400. The summed E-state index contributed by atoms with van der Waals surface area (Å²) in [5, 5.41) is 2.54. The lowest BCUT2D eigenvalue weighted by Gasteiger charge is -2.12. The minimum atomic E-state index is 0.0400. The van der Waals surface area contributed by atoms with Gasteiger partial charge in [0.25, 0.3) is 0 Å². The number of thiocarbonyl (C=S) groups is 1. The number of rotatable bonds is 8. The number of ether oxygens (including phenoxy) is 3. The molecule has 0 saturated carbocycles. The molecule has 0 N–H and O–H groups in total. The van der Waals surface area contributed by atoms with Gasteiger partial charge in [-0.2, -0.15) is 0 Å². The van der Waals surface area contributed by atoms with Gasteiger partial charge in [0.2, 0.25) is 0 Å². The molecule has 0 atom stereocenters. The number of ketones is 1. The zero-order chi connectivity index (χ0) is 34.2. The number of methoxy groups -OCH3 is 1. The van der Waals surface area contributed by atoms with Crippen molar-refractivity contribution in [3.63, 3.8) is 0 Å². The van der Waals surface area contributed by atoms with Gasteiger partial charge in [-0.25, -0.2) is 0 Å². The van der Waals surface area contributed by atoms with Crippen molar-refractivity contribution in [2.45, 2.75) is 68.2 Å². The van der Waals surface area contributed by atoms with Gasteiger partial charge >= 0.3 is 0 Å². The fourth-order valence-corrected chi connectivity index (χ4v) is 3.38. The van der Waals surface area contributed by atoms with E-state index >= 15 is 0 Å². The third-order valence-corrected chi connectivity index (χ3v) is 5.89. The number of hydrogen-bond donors (Lipinski definition) is 0. The molecule has 246 valence electrons. The number of benzene rings is 3. The highest BCUT2D eigenvalue weighted by molar-refractivity contribution is 7.78. The number of hydrogen-bond acceptors (Lipinski definition) is 7. The average molecular weight is 635 g/mol. The number of carbonyl (C=O) groups excluding carboxylic acids is 1. The standard InChI is InChI=1S/C19H19NO2.C10H12O2.C4H11N.C3H8.C2H4S/c1-4-14-11-17-16(12-19(14)21-3)18(9-10-20-17)22-15-7-5-13(2)6-8-15;1-8-5-3-4-6-10(8)12-7-9(2)11;1-4-5(2)3;1-3-2;1-2-3/h5-12H,4H2,1-3H3;3-6H,7H2,1-2H3;4H2,1-3H3;3H2,1-2H3;2H,1H3. The quantitative estimate of drug-likeness (QED) is 0.179. The number of aryl methyl sites for hydroxylation is 3. The van der Waals surface area contributed by atoms with Crippen LogP contribution in [0.3, 0.4) is 0 Å². The summed E-state index contributed by atoms with van der Waals surface area (Å²) >= 11 is 4.27. The van der Waals surface area contributed by atoms with E-state index in [4.69, 9.17) is 14.2 Å². The second kappa shape index (κ2) is 24.5. The van der Waals surface area contributed by atoms with Crippen molar-refractivity contribution in [1.82, 2.24) is 9.88 Å². The van der Waals surface area contributed by atoms with Crippen LogP contribution in [-0.2, 0) is 11.2 Å². The molecule has 6 nitrogen and oxygen atoms in total. The Balaban J connectivity index is 0.000000705. The van der Waals surface area contributed by atoms with Crippen LogP contribution in [-0.4, -0.2) is 55.4 Å². The highest BCUT2D eigenvalue weighted by Gasteiger charge is 2.10. The van der Waals surface area contributed by atoms with Crippen LogP contribution in [0.25, 0.3) is 10.9 Å². The van der Waals surface area contributed by atoms with Crippen LogP contribution in [0.5, 0.6) is 23.0 Å². The Morgan fingerprint density at radius 3 is 1.98 bits per heavy atom. The van der Waals surface area contributed by atoms with Gasteiger partial charge in [-0.3, -0.25) is 9.78 Å². The maximum atomic E-state index is 10.6. The monoisotopic (exact) mass is 634 g/mol. The topological polar surface area (TPSA) is 60.9 Å². The summed E-state index contributed by atoms with van der Waals surface area (Å²) in [5.41, 5.74) is 4.33. The lowest BCUT2D eigenvalue weighted by Crippen LogP contribution is -2.08. The molecule has 45 heavy (non-hydrogen) atoms.